The largest absolute Gasteiger partial charge is 0.481 e. The van der Waals surface area contributed by atoms with Gasteiger partial charge in [-0.15, -0.1) is 0 Å². The van der Waals surface area contributed by atoms with E-state index in [0.29, 0.717) is 41.4 Å². The minimum absolute atomic E-state index is 0.113. The Morgan fingerprint density at radius 2 is 1.62 bits per heavy atom. The van der Waals surface area contributed by atoms with Crippen LogP contribution in [0, 0.1) is 58.2 Å². The molecule has 3 unspecified atom stereocenters. The maximum absolute atomic E-state index is 11.4. The number of aliphatic carboxylic acids is 1. The molecule has 0 bridgehead atoms. The molecule has 5 rings (SSSR count). The number of hydrogen-bond donors (Lipinski definition) is 3. The van der Waals surface area contributed by atoms with Gasteiger partial charge in [0.2, 0.25) is 0 Å². The van der Waals surface area contributed by atoms with Crippen LogP contribution in [-0.4, -0.2) is 33.5 Å². The Balaban J connectivity index is 1.39. The first-order valence-corrected chi connectivity index (χ1v) is 12.3. The SMILES string of the molecule is C[C@H]([C@@H]1C[C@H]1C(=O)O)[C@H]1CCC2C3C(CC[C@@]21C)[C@@]1(C)CC[C@@H](O)C[C@H]1C[C@H]3O. The summed E-state index contributed by atoms with van der Waals surface area (Å²) in [6.07, 6.45) is 9.08. The Labute approximate surface area is 175 Å². The lowest BCUT2D eigenvalue weighted by Crippen LogP contribution is -2.58. The van der Waals surface area contributed by atoms with Gasteiger partial charge in [0.05, 0.1) is 18.1 Å². The van der Waals surface area contributed by atoms with E-state index >= 15 is 0 Å². The second-order valence-corrected chi connectivity index (χ2v) is 12.2. The van der Waals surface area contributed by atoms with Gasteiger partial charge in [-0.25, -0.2) is 0 Å². The van der Waals surface area contributed by atoms with Crippen molar-refractivity contribution in [1.29, 1.82) is 0 Å². The maximum atomic E-state index is 11.4. The van der Waals surface area contributed by atoms with Gasteiger partial charge in [0.25, 0.3) is 0 Å². The topological polar surface area (TPSA) is 77.8 Å². The van der Waals surface area contributed by atoms with Gasteiger partial charge in [-0.05, 0) is 110 Å². The number of carboxylic acids is 1. The average molecular weight is 405 g/mol. The molecule has 0 radical (unpaired) electrons. The Bertz CT molecular complexity index is 678. The summed E-state index contributed by atoms with van der Waals surface area (Å²) < 4.78 is 0. The van der Waals surface area contributed by atoms with Gasteiger partial charge in [0.15, 0.2) is 0 Å². The van der Waals surface area contributed by atoms with E-state index in [2.05, 4.69) is 20.8 Å². The molecule has 0 aliphatic heterocycles. The van der Waals surface area contributed by atoms with E-state index in [1.807, 2.05) is 0 Å². The van der Waals surface area contributed by atoms with Crippen LogP contribution in [0.25, 0.3) is 0 Å². The molecule has 0 aromatic rings. The lowest BCUT2D eigenvalue weighted by molar-refractivity contribution is -0.174. The van der Waals surface area contributed by atoms with Crippen molar-refractivity contribution < 1.29 is 20.1 Å². The zero-order valence-corrected chi connectivity index (χ0v) is 18.4. The predicted octanol–water partition coefficient (Wildman–Crippen LogP) is 4.33. The van der Waals surface area contributed by atoms with Crippen LogP contribution in [0.1, 0.15) is 78.6 Å². The minimum atomic E-state index is -0.605. The van der Waals surface area contributed by atoms with E-state index in [4.69, 9.17) is 0 Å². The van der Waals surface area contributed by atoms with Crippen LogP contribution in [-0.2, 0) is 4.79 Å². The Hall–Kier alpha value is -0.610. The number of carbonyl (C=O) groups is 1. The molecule has 0 heterocycles. The second-order valence-electron chi connectivity index (χ2n) is 12.2. The van der Waals surface area contributed by atoms with Crippen LogP contribution in [0.4, 0.5) is 0 Å². The summed E-state index contributed by atoms with van der Waals surface area (Å²) in [5.41, 5.74) is 0.531. The van der Waals surface area contributed by atoms with Crippen molar-refractivity contribution in [2.45, 2.75) is 90.8 Å². The summed E-state index contributed by atoms with van der Waals surface area (Å²) in [4.78, 5) is 11.4. The van der Waals surface area contributed by atoms with Crippen LogP contribution >= 0.6 is 0 Å². The van der Waals surface area contributed by atoms with Gasteiger partial charge >= 0.3 is 5.97 Å². The molecule has 0 amide bonds. The van der Waals surface area contributed by atoms with E-state index in [9.17, 15) is 20.1 Å². The monoisotopic (exact) mass is 404 g/mol. The Kier molecular flexibility index (Phi) is 4.68. The molecule has 0 saturated heterocycles. The molecule has 5 aliphatic carbocycles. The molecule has 0 aromatic heterocycles. The first-order chi connectivity index (χ1) is 13.7. The lowest BCUT2D eigenvalue weighted by Gasteiger charge is -2.62. The van der Waals surface area contributed by atoms with Crippen molar-refractivity contribution in [2.75, 3.05) is 0 Å². The number of fused-ring (bicyclic) bond motifs is 5. The van der Waals surface area contributed by atoms with E-state index < -0.39 is 5.97 Å². The maximum Gasteiger partial charge on any atom is 0.306 e. The van der Waals surface area contributed by atoms with E-state index in [0.717, 1.165) is 32.1 Å². The highest BCUT2D eigenvalue weighted by atomic mass is 16.4. The van der Waals surface area contributed by atoms with Gasteiger partial charge in [-0.2, -0.15) is 0 Å². The molecular formula is C25H40O4. The van der Waals surface area contributed by atoms with Crippen molar-refractivity contribution in [3.05, 3.63) is 0 Å². The number of carboxylic acid groups (broad SMARTS) is 1. The van der Waals surface area contributed by atoms with Crippen molar-refractivity contribution >= 4 is 5.97 Å². The quantitative estimate of drug-likeness (QED) is 0.654. The molecule has 0 spiro atoms. The Morgan fingerprint density at radius 1 is 0.931 bits per heavy atom. The molecule has 12 atom stereocenters. The average Bonchev–Trinajstić information content (AvgIpc) is 3.39. The summed E-state index contributed by atoms with van der Waals surface area (Å²) in [7, 11) is 0. The third kappa shape index (κ3) is 2.87. The zero-order valence-electron chi connectivity index (χ0n) is 18.4. The highest BCUT2D eigenvalue weighted by Gasteiger charge is 2.64. The van der Waals surface area contributed by atoms with E-state index in [-0.39, 0.29) is 29.0 Å². The first kappa shape index (κ1) is 20.3. The normalized spacial score (nSPS) is 57.3. The van der Waals surface area contributed by atoms with Crippen molar-refractivity contribution in [3.8, 4) is 0 Å². The van der Waals surface area contributed by atoms with Gasteiger partial charge in [0, 0.05) is 0 Å². The van der Waals surface area contributed by atoms with Crippen molar-refractivity contribution in [1.82, 2.24) is 0 Å². The second kappa shape index (κ2) is 6.69. The van der Waals surface area contributed by atoms with Crippen LogP contribution in [0.3, 0.4) is 0 Å². The summed E-state index contributed by atoms with van der Waals surface area (Å²) in [6.45, 7) is 7.26. The molecular weight excluding hydrogens is 364 g/mol. The molecule has 5 aliphatic rings. The third-order valence-corrected chi connectivity index (χ3v) is 11.2. The smallest absolute Gasteiger partial charge is 0.306 e. The summed E-state index contributed by atoms with van der Waals surface area (Å²) in [6, 6.07) is 0. The standard InChI is InChI=1S/C25H40O4/c1-13(16-12-17(16)23(28)29)18-4-5-19-22-20(7-9-25(18,19)3)24(2)8-6-15(26)10-14(24)11-21(22)27/h13-22,26-27H,4-12H2,1-3H3,(H,28,29)/t13-,14+,15-,16+,17-,18-,19?,20?,21-,22?,24+,25-/m1/s1. The fraction of sp³-hybridized carbons (Fsp3) is 0.960. The van der Waals surface area contributed by atoms with Gasteiger partial charge < -0.3 is 15.3 Å². The molecule has 5 saturated carbocycles. The highest BCUT2D eigenvalue weighted by molar-refractivity contribution is 5.73. The van der Waals surface area contributed by atoms with E-state index in [1.54, 1.807) is 0 Å². The fourth-order valence-electron chi connectivity index (χ4n) is 9.48. The molecule has 5 fully saturated rings. The summed E-state index contributed by atoms with van der Waals surface area (Å²) in [5, 5.41) is 30.9. The first-order valence-electron chi connectivity index (χ1n) is 12.3. The van der Waals surface area contributed by atoms with Crippen LogP contribution in [0.2, 0.25) is 0 Å². The summed E-state index contributed by atoms with van der Waals surface area (Å²) >= 11 is 0. The zero-order chi connectivity index (χ0) is 20.7. The predicted molar refractivity (Wildman–Crippen MR) is 111 cm³/mol. The molecule has 29 heavy (non-hydrogen) atoms. The molecule has 164 valence electrons. The number of rotatable bonds is 3. The molecule has 4 nitrogen and oxygen atoms in total. The molecule has 4 heteroatoms. The minimum Gasteiger partial charge on any atom is -0.481 e. The Morgan fingerprint density at radius 3 is 2.31 bits per heavy atom. The van der Waals surface area contributed by atoms with E-state index in [1.165, 1.54) is 25.7 Å². The number of hydrogen-bond acceptors (Lipinski definition) is 3. The number of aliphatic hydroxyl groups excluding tert-OH is 2. The van der Waals surface area contributed by atoms with Gasteiger partial charge in [0.1, 0.15) is 0 Å². The summed E-state index contributed by atoms with van der Waals surface area (Å²) in [5.74, 6) is 2.76. The van der Waals surface area contributed by atoms with Crippen LogP contribution in [0.15, 0.2) is 0 Å². The molecule has 0 aromatic carbocycles. The highest BCUT2D eigenvalue weighted by Crippen LogP contribution is 2.69. The van der Waals surface area contributed by atoms with Gasteiger partial charge in [-0.3, -0.25) is 4.79 Å². The van der Waals surface area contributed by atoms with Gasteiger partial charge in [-0.1, -0.05) is 20.8 Å². The molecule has 3 N–H and O–H groups in total. The lowest BCUT2D eigenvalue weighted by atomic mass is 9.43. The van der Waals surface area contributed by atoms with Crippen molar-refractivity contribution in [3.63, 3.8) is 0 Å². The number of aliphatic hydroxyl groups is 2. The fourth-order valence-corrected chi connectivity index (χ4v) is 9.48. The third-order valence-electron chi connectivity index (χ3n) is 11.2. The van der Waals surface area contributed by atoms with Crippen LogP contribution in [0.5, 0.6) is 0 Å². The van der Waals surface area contributed by atoms with Crippen LogP contribution < -0.4 is 0 Å². The van der Waals surface area contributed by atoms with Crippen molar-refractivity contribution in [2.24, 2.45) is 58.2 Å².